The van der Waals surface area contributed by atoms with E-state index in [0.717, 1.165) is 25.9 Å². The Morgan fingerprint density at radius 3 is 2.56 bits per heavy atom. The Morgan fingerprint density at radius 1 is 1.08 bits per heavy atom. The molecule has 6 heteroatoms. The Hall–Kier alpha value is -1.18. The standard InChI is InChI=1S/C19H30N2O4/c1-13-5-2-3-7-15(13)20-8-4-6-14(9-20)10-21-11-17(23)19(25)18(24)16(21)12-22/h2-3,5,7,14,16-19,22-25H,4,6,8-12H2,1H3/t14-,16-,17-,18+,19+/m0/s1. The van der Waals surface area contributed by atoms with Gasteiger partial charge < -0.3 is 25.3 Å². The van der Waals surface area contributed by atoms with Gasteiger partial charge in [0.1, 0.15) is 12.2 Å². The smallest absolute Gasteiger partial charge is 0.109 e. The molecule has 2 aliphatic rings. The Bertz CT molecular complexity index is 570. The van der Waals surface area contributed by atoms with Crippen molar-refractivity contribution in [1.29, 1.82) is 0 Å². The zero-order valence-corrected chi connectivity index (χ0v) is 14.8. The normalized spacial score (nSPS) is 34.3. The van der Waals surface area contributed by atoms with Gasteiger partial charge >= 0.3 is 0 Å². The zero-order valence-electron chi connectivity index (χ0n) is 14.8. The van der Waals surface area contributed by atoms with Crippen LogP contribution in [-0.2, 0) is 0 Å². The molecule has 0 bridgehead atoms. The molecule has 1 aromatic carbocycles. The van der Waals surface area contributed by atoms with Gasteiger partial charge in [0.2, 0.25) is 0 Å². The van der Waals surface area contributed by atoms with E-state index >= 15 is 0 Å². The summed E-state index contributed by atoms with van der Waals surface area (Å²) in [7, 11) is 0. The predicted molar refractivity (Wildman–Crippen MR) is 96.6 cm³/mol. The number of piperidine rings is 2. The Kier molecular flexibility index (Phi) is 5.96. The second-order valence-corrected chi connectivity index (χ2v) is 7.49. The molecule has 0 unspecified atom stereocenters. The van der Waals surface area contributed by atoms with Crippen molar-refractivity contribution in [3.8, 4) is 0 Å². The average Bonchev–Trinajstić information content (AvgIpc) is 2.61. The molecular formula is C19H30N2O4. The van der Waals surface area contributed by atoms with Crippen LogP contribution in [0.15, 0.2) is 24.3 Å². The van der Waals surface area contributed by atoms with E-state index in [9.17, 15) is 20.4 Å². The van der Waals surface area contributed by atoms with Gasteiger partial charge in [-0.15, -0.1) is 0 Å². The number of nitrogens with zero attached hydrogens (tertiary/aromatic N) is 2. The third-order valence-corrected chi connectivity index (χ3v) is 5.68. The number of β-amino-alcohol motifs (C(OH)–C–C–N with tert-alkyl or cyclic N) is 1. The molecule has 2 saturated heterocycles. The van der Waals surface area contributed by atoms with E-state index < -0.39 is 24.4 Å². The van der Waals surface area contributed by atoms with Crippen LogP contribution < -0.4 is 4.90 Å². The van der Waals surface area contributed by atoms with Crippen LogP contribution in [0.4, 0.5) is 5.69 Å². The highest BCUT2D eigenvalue weighted by molar-refractivity contribution is 5.53. The summed E-state index contributed by atoms with van der Waals surface area (Å²) in [5.74, 6) is 0.400. The van der Waals surface area contributed by atoms with E-state index in [2.05, 4.69) is 30.0 Å². The fraction of sp³-hybridized carbons (Fsp3) is 0.684. The molecule has 0 saturated carbocycles. The number of rotatable bonds is 4. The first kappa shape index (κ1) is 18.6. The van der Waals surface area contributed by atoms with Crippen molar-refractivity contribution in [1.82, 2.24) is 4.90 Å². The average molecular weight is 350 g/mol. The first-order valence-corrected chi connectivity index (χ1v) is 9.21. The summed E-state index contributed by atoms with van der Waals surface area (Å²) < 4.78 is 0. The molecule has 140 valence electrons. The minimum Gasteiger partial charge on any atom is -0.395 e. The van der Waals surface area contributed by atoms with Gasteiger partial charge in [-0.3, -0.25) is 4.90 Å². The maximum atomic E-state index is 10.2. The van der Waals surface area contributed by atoms with Gasteiger partial charge in [-0.05, 0) is 37.3 Å². The highest BCUT2D eigenvalue weighted by Crippen LogP contribution is 2.28. The number of benzene rings is 1. The molecule has 3 rings (SSSR count). The summed E-state index contributed by atoms with van der Waals surface area (Å²) >= 11 is 0. The van der Waals surface area contributed by atoms with E-state index in [1.807, 2.05) is 11.0 Å². The van der Waals surface area contributed by atoms with Gasteiger partial charge in [-0.25, -0.2) is 0 Å². The van der Waals surface area contributed by atoms with Crippen LogP contribution in [0.3, 0.4) is 0 Å². The van der Waals surface area contributed by atoms with Gasteiger partial charge in [0.05, 0.1) is 18.8 Å². The molecule has 0 aliphatic carbocycles. The van der Waals surface area contributed by atoms with E-state index in [4.69, 9.17) is 0 Å². The Morgan fingerprint density at radius 2 is 1.84 bits per heavy atom. The van der Waals surface area contributed by atoms with E-state index in [1.165, 1.54) is 11.3 Å². The van der Waals surface area contributed by atoms with Crippen LogP contribution in [0.2, 0.25) is 0 Å². The zero-order chi connectivity index (χ0) is 18.0. The molecule has 6 nitrogen and oxygen atoms in total. The van der Waals surface area contributed by atoms with Crippen molar-refractivity contribution in [2.75, 3.05) is 37.7 Å². The minimum absolute atomic E-state index is 0.223. The second kappa shape index (κ2) is 8.01. The number of para-hydroxylation sites is 1. The molecule has 0 amide bonds. The largest absolute Gasteiger partial charge is 0.395 e. The van der Waals surface area contributed by atoms with E-state index in [-0.39, 0.29) is 13.2 Å². The van der Waals surface area contributed by atoms with Crippen molar-refractivity contribution in [2.45, 2.75) is 44.1 Å². The molecular weight excluding hydrogens is 320 g/mol. The second-order valence-electron chi connectivity index (χ2n) is 7.49. The van der Waals surface area contributed by atoms with Crippen LogP contribution in [0.5, 0.6) is 0 Å². The van der Waals surface area contributed by atoms with Gasteiger partial charge in [-0.2, -0.15) is 0 Å². The molecule has 0 radical (unpaired) electrons. The molecule has 25 heavy (non-hydrogen) atoms. The minimum atomic E-state index is -1.19. The van der Waals surface area contributed by atoms with Crippen LogP contribution >= 0.6 is 0 Å². The topological polar surface area (TPSA) is 87.4 Å². The van der Waals surface area contributed by atoms with Crippen molar-refractivity contribution in [3.05, 3.63) is 29.8 Å². The summed E-state index contributed by atoms with van der Waals surface area (Å²) in [6, 6.07) is 7.87. The van der Waals surface area contributed by atoms with Gasteiger partial charge in [0.15, 0.2) is 0 Å². The fourth-order valence-corrected chi connectivity index (χ4v) is 4.27. The first-order valence-electron chi connectivity index (χ1n) is 9.21. The molecule has 1 aromatic rings. The lowest BCUT2D eigenvalue weighted by Gasteiger charge is -2.45. The predicted octanol–water partition coefficient (Wildman–Crippen LogP) is -0.0294. The quantitative estimate of drug-likeness (QED) is 0.610. The van der Waals surface area contributed by atoms with Crippen LogP contribution in [0, 0.1) is 12.8 Å². The summed E-state index contributed by atoms with van der Waals surface area (Å²) in [6.07, 6.45) is -1.10. The number of anilines is 1. The van der Waals surface area contributed by atoms with Gasteiger partial charge in [0.25, 0.3) is 0 Å². The highest BCUT2D eigenvalue weighted by atomic mass is 16.4. The lowest BCUT2D eigenvalue weighted by molar-refractivity contribution is -0.147. The molecule has 2 fully saturated rings. The third kappa shape index (κ3) is 3.99. The summed E-state index contributed by atoms with van der Waals surface area (Å²) in [5.41, 5.74) is 2.53. The Balaban J connectivity index is 1.67. The number of aryl methyl sites for hydroxylation is 1. The lowest BCUT2D eigenvalue weighted by Crippen LogP contribution is -2.63. The summed E-state index contributed by atoms with van der Waals surface area (Å²) in [5, 5.41) is 39.6. The van der Waals surface area contributed by atoms with E-state index in [1.54, 1.807) is 0 Å². The summed E-state index contributed by atoms with van der Waals surface area (Å²) in [4.78, 5) is 4.34. The number of aliphatic hydroxyl groups excluding tert-OH is 4. The van der Waals surface area contributed by atoms with Crippen molar-refractivity contribution in [2.24, 2.45) is 5.92 Å². The first-order chi connectivity index (χ1) is 12.0. The number of likely N-dealkylation sites (tertiary alicyclic amines) is 1. The Labute approximate surface area is 149 Å². The van der Waals surface area contributed by atoms with Crippen molar-refractivity contribution in [3.63, 3.8) is 0 Å². The molecule has 5 atom stereocenters. The van der Waals surface area contributed by atoms with Crippen molar-refractivity contribution >= 4 is 5.69 Å². The molecule has 2 aliphatic heterocycles. The van der Waals surface area contributed by atoms with Crippen LogP contribution in [-0.4, -0.2) is 82.5 Å². The number of hydrogen-bond donors (Lipinski definition) is 4. The maximum Gasteiger partial charge on any atom is 0.109 e. The monoisotopic (exact) mass is 350 g/mol. The molecule has 0 spiro atoms. The maximum absolute atomic E-state index is 10.2. The van der Waals surface area contributed by atoms with Crippen molar-refractivity contribution < 1.29 is 20.4 Å². The van der Waals surface area contributed by atoms with Crippen LogP contribution in [0.25, 0.3) is 0 Å². The highest BCUT2D eigenvalue weighted by Gasteiger charge is 2.41. The van der Waals surface area contributed by atoms with E-state index in [0.29, 0.717) is 12.5 Å². The van der Waals surface area contributed by atoms with Crippen LogP contribution in [0.1, 0.15) is 18.4 Å². The summed E-state index contributed by atoms with van der Waals surface area (Å²) in [6.45, 7) is 4.85. The van der Waals surface area contributed by atoms with Gasteiger partial charge in [-0.1, -0.05) is 18.2 Å². The van der Waals surface area contributed by atoms with Gasteiger partial charge in [0, 0.05) is 31.9 Å². The molecule has 4 N–H and O–H groups in total. The molecule has 2 heterocycles. The number of hydrogen-bond acceptors (Lipinski definition) is 6. The molecule has 0 aromatic heterocycles. The fourth-order valence-electron chi connectivity index (χ4n) is 4.27. The lowest BCUT2D eigenvalue weighted by atomic mass is 9.90. The number of aliphatic hydroxyl groups is 4. The SMILES string of the molecule is Cc1ccccc1N1CCC[C@H](CN2C[C@H](O)[C@@H](O)[C@H](O)[C@@H]2CO)C1. The third-order valence-electron chi connectivity index (χ3n) is 5.68.